The largest absolute Gasteiger partial charge is 0.367 e. The highest BCUT2D eigenvalue weighted by atomic mass is 15.1. The number of nitrogens with zero attached hydrogens (tertiary/aromatic N) is 1. The van der Waals surface area contributed by atoms with Gasteiger partial charge in [0.15, 0.2) is 0 Å². The van der Waals surface area contributed by atoms with Gasteiger partial charge in [0, 0.05) is 18.8 Å². The lowest BCUT2D eigenvalue weighted by atomic mass is 10.0. The highest BCUT2D eigenvalue weighted by Crippen LogP contribution is 2.24. The topological polar surface area (TPSA) is 3.24 Å². The Bertz CT molecular complexity index is 389. The predicted molar refractivity (Wildman–Crippen MR) is 69.0 cm³/mol. The van der Waals surface area contributed by atoms with E-state index in [1.165, 1.54) is 29.7 Å². The molecular formula is C15H19N. The molecule has 2 rings (SSSR count). The number of allylic oxidation sites excluding steroid dienone is 2. The third kappa shape index (κ3) is 2.35. The average Bonchev–Trinajstić information content (AvgIpc) is 2.31. The summed E-state index contributed by atoms with van der Waals surface area (Å²) >= 11 is 0. The zero-order chi connectivity index (χ0) is 11.4. The Morgan fingerprint density at radius 3 is 2.75 bits per heavy atom. The molecule has 0 unspecified atom stereocenters. The minimum Gasteiger partial charge on any atom is -0.367 e. The van der Waals surface area contributed by atoms with Crippen LogP contribution in [-0.2, 0) is 6.54 Å². The van der Waals surface area contributed by atoms with Gasteiger partial charge in [0.25, 0.3) is 0 Å². The summed E-state index contributed by atoms with van der Waals surface area (Å²) in [4.78, 5) is 2.43. The van der Waals surface area contributed by atoms with Crippen LogP contribution in [0.5, 0.6) is 0 Å². The predicted octanol–water partition coefficient (Wildman–Crippen LogP) is 3.74. The smallest absolute Gasteiger partial charge is 0.0429 e. The van der Waals surface area contributed by atoms with Crippen LogP contribution >= 0.6 is 0 Å². The Balaban J connectivity index is 2.15. The lowest BCUT2D eigenvalue weighted by molar-refractivity contribution is 0.319. The van der Waals surface area contributed by atoms with Crippen LogP contribution < -0.4 is 0 Å². The van der Waals surface area contributed by atoms with Gasteiger partial charge in [-0.1, -0.05) is 36.9 Å². The van der Waals surface area contributed by atoms with Crippen molar-refractivity contribution in [3.63, 3.8) is 0 Å². The minimum atomic E-state index is 1.000. The molecule has 0 saturated carbocycles. The molecule has 0 aromatic heterocycles. The standard InChI is InChI=1S/C15H19N/c1-3-15-13(2)8-7-11-16(15)12-14-9-5-4-6-10-14/h3-6,9-10H,1,7-8,11-12H2,2H3. The molecule has 0 aliphatic carbocycles. The second-order valence-corrected chi connectivity index (χ2v) is 4.38. The molecule has 1 aromatic rings. The second kappa shape index (κ2) is 5.02. The fraction of sp³-hybridized carbons (Fsp3) is 0.333. The first-order chi connectivity index (χ1) is 7.81. The first-order valence-electron chi connectivity index (χ1n) is 5.92. The van der Waals surface area contributed by atoms with E-state index in [1.54, 1.807) is 0 Å². The molecule has 1 aliphatic heterocycles. The van der Waals surface area contributed by atoms with Crippen LogP contribution in [0.4, 0.5) is 0 Å². The minimum absolute atomic E-state index is 1.000. The van der Waals surface area contributed by atoms with Crippen molar-refractivity contribution >= 4 is 0 Å². The van der Waals surface area contributed by atoms with E-state index in [2.05, 4.69) is 48.7 Å². The Labute approximate surface area is 98.1 Å². The molecule has 1 heteroatoms. The quantitative estimate of drug-likeness (QED) is 0.739. The van der Waals surface area contributed by atoms with Crippen molar-refractivity contribution in [3.05, 3.63) is 59.8 Å². The van der Waals surface area contributed by atoms with E-state index >= 15 is 0 Å². The van der Waals surface area contributed by atoms with E-state index in [4.69, 9.17) is 0 Å². The van der Waals surface area contributed by atoms with E-state index in [9.17, 15) is 0 Å². The molecule has 0 N–H and O–H groups in total. The van der Waals surface area contributed by atoms with Gasteiger partial charge in [-0.05, 0) is 37.0 Å². The van der Waals surface area contributed by atoms with Crippen molar-refractivity contribution in [1.29, 1.82) is 0 Å². The number of rotatable bonds is 3. The van der Waals surface area contributed by atoms with Gasteiger partial charge in [0.1, 0.15) is 0 Å². The van der Waals surface area contributed by atoms with Crippen LogP contribution in [0.1, 0.15) is 25.3 Å². The summed E-state index contributed by atoms with van der Waals surface area (Å²) in [6, 6.07) is 10.6. The summed E-state index contributed by atoms with van der Waals surface area (Å²) in [7, 11) is 0. The maximum atomic E-state index is 3.93. The molecule has 0 amide bonds. The van der Waals surface area contributed by atoms with Gasteiger partial charge in [-0.25, -0.2) is 0 Å². The van der Waals surface area contributed by atoms with E-state index in [0.717, 1.165) is 13.1 Å². The summed E-state index contributed by atoms with van der Waals surface area (Å²) in [5.74, 6) is 0. The summed E-state index contributed by atoms with van der Waals surface area (Å²) < 4.78 is 0. The first-order valence-corrected chi connectivity index (χ1v) is 5.92. The van der Waals surface area contributed by atoms with Crippen molar-refractivity contribution in [2.45, 2.75) is 26.3 Å². The summed E-state index contributed by atoms with van der Waals surface area (Å²) in [6.07, 6.45) is 4.47. The van der Waals surface area contributed by atoms with Gasteiger partial charge < -0.3 is 4.90 Å². The molecule has 84 valence electrons. The lowest BCUT2D eigenvalue weighted by Gasteiger charge is -2.31. The lowest BCUT2D eigenvalue weighted by Crippen LogP contribution is -2.27. The van der Waals surface area contributed by atoms with Gasteiger partial charge in [0.2, 0.25) is 0 Å². The average molecular weight is 213 g/mol. The normalized spacial score (nSPS) is 16.4. The summed E-state index contributed by atoms with van der Waals surface area (Å²) in [5.41, 5.74) is 4.17. The SMILES string of the molecule is C=CC1=C(C)CCCN1Cc1ccccc1. The maximum absolute atomic E-state index is 3.93. The zero-order valence-electron chi connectivity index (χ0n) is 9.95. The highest BCUT2D eigenvalue weighted by Gasteiger charge is 2.14. The molecule has 0 fully saturated rings. The van der Waals surface area contributed by atoms with Crippen LogP contribution in [0.3, 0.4) is 0 Å². The molecule has 0 atom stereocenters. The summed E-state index contributed by atoms with van der Waals surface area (Å²) in [6.45, 7) is 8.29. The fourth-order valence-electron chi connectivity index (χ4n) is 2.32. The molecule has 0 radical (unpaired) electrons. The molecule has 0 bridgehead atoms. The van der Waals surface area contributed by atoms with Crippen molar-refractivity contribution in [2.75, 3.05) is 6.54 Å². The number of benzene rings is 1. The maximum Gasteiger partial charge on any atom is 0.0429 e. The van der Waals surface area contributed by atoms with Gasteiger partial charge in [-0.2, -0.15) is 0 Å². The molecule has 0 saturated heterocycles. The molecule has 1 aromatic carbocycles. The zero-order valence-corrected chi connectivity index (χ0v) is 9.95. The molecule has 0 spiro atoms. The van der Waals surface area contributed by atoms with Gasteiger partial charge in [0.05, 0.1) is 0 Å². The first kappa shape index (κ1) is 11.0. The Morgan fingerprint density at radius 2 is 2.06 bits per heavy atom. The molecule has 1 nitrogen and oxygen atoms in total. The molecular weight excluding hydrogens is 194 g/mol. The van der Waals surface area contributed by atoms with Crippen LogP contribution in [-0.4, -0.2) is 11.4 Å². The fourth-order valence-corrected chi connectivity index (χ4v) is 2.32. The van der Waals surface area contributed by atoms with E-state index < -0.39 is 0 Å². The van der Waals surface area contributed by atoms with Crippen molar-refractivity contribution in [2.24, 2.45) is 0 Å². The molecule has 1 aliphatic rings. The number of hydrogen-bond donors (Lipinski definition) is 0. The van der Waals surface area contributed by atoms with Gasteiger partial charge >= 0.3 is 0 Å². The monoisotopic (exact) mass is 213 g/mol. The third-order valence-electron chi connectivity index (χ3n) is 3.17. The van der Waals surface area contributed by atoms with Crippen LogP contribution in [0.25, 0.3) is 0 Å². The van der Waals surface area contributed by atoms with Crippen molar-refractivity contribution in [3.8, 4) is 0 Å². The van der Waals surface area contributed by atoms with Crippen molar-refractivity contribution in [1.82, 2.24) is 4.90 Å². The van der Waals surface area contributed by atoms with Crippen LogP contribution in [0.15, 0.2) is 54.3 Å². The summed E-state index contributed by atoms with van der Waals surface area (Å²) in [5, 5.41) is 0. The van der Waals surface area contributed by atoms with Gasteiger partial charge in [-0.3, -0.25) is 0 Å². The Morgan fingerprint density at radius 1 is 1.31 bits per heavy atom. The second-order valence-electron chi connectivity index (χ2n) is 4.38. The third-order valence-corrected chi connectivity index (χ3v) is 3.17. The molecule has 16 heavy (non-hydrogen) atoms. The number of hydrogen-bond acceptors (Lipinski definition) is 1. The van der Waals surface area contributed by atoms with Crippen LogP contribution in [0, 0.1) is 0 Å². The van der Waals surface area contributed by atoms with E-state index in [-0.39, 0.29) is 0 Å². The molecule has 1 heterocycles. The van der Waals surface area contributed by atoms with Crippen LogP contribution in [0.2, 0.25) is 0 Å². The van der Waals surface area contributed by atoms with Gasteiger partial charge in [-0.15, -0.1) is 0 Å². The van der Waals surface area contributed by atoms with Crippen molar-refractivity contribution < 1.29 is 0 Å². The highest BCUT2D eigenvalue weighted by molar-refractivity contribution is 5.25. The Hall–Kier alpha value is -1.50. The Kier molecular flexibility index (Phi) is 3.45. The van der Waals surface area contributed by atoms with E-state index in [0.29, 0.717) is 0 Å². The van der Waals surface area contributed by atoms with E-state index in [1.807, 2.05) is 6.08 Å².